The summed E-state index contributed by atoms with van der Waals surface area (Å²) < 4.78 is 0. The van der Waals surface area contributed by atoms with Crippen molar-refractivity contribution in [1.82, 2.24) is 0 Å². The van der Waals surface area contributed by atoms with E-state index in [2.05, 4.69) is 137 Å². The Labute approximate surface area is 245 Å². The van der Waals surface area contributed by atoms with Gasteiger partial charge < -0.3 is 0 Å². The van der Waals surface area contributed by atoms with Gasteiger partial charge in [-0.1, -0.05) is 125 Å². The number of hydrogen-bond acceptors (Lipinski definition) is 0. The Hall–Kier alpha value is -4.68. The minimum atomic E-state index is -0.140. The normalized spacial score (nSPS) is 16.0. The van der Waals surface area contributed by atoms with E-state index in [-0.39, 0.29) is 10.8 Å². The van der Waals surface area contributed by atoms with Gasteiger partial charge in [0.1, 0.15) is 0 Å². The molecule has 0 unspecified atom stereocenters. The summed E-state index contributed by atoms with van der Waals surface area (Å²) in [4.78, 5) is 0. The van der Waals surface area contributed by atoms with E-state index in [0.29, 0.717) is 0 Å². The van der Waals surface area contributed by atoms with E-state index >= 15 is 0 Å². The summed E-state index contributed by atoms with van der Waals surface area (Å²) in [6.45, 7) is 9.71. The van der Waals surface area contributed by atoms with Crippen LogP contribution in [-0.2, 0) is 10.8 Å². The SMILES string of the molecule is CC1(C)c2ccc3ccccc3c2-c2c1cc1ccc3ccc4c5c(cc2c1c35)C(C)(C)c1ccc2ccccc2c1-4. The van der Waals surface area contributed by atoms with Crippen LogP contribution in [0.1, 0.15) is 49.9 Å². The molecule has 0 saturated carbocycles. The lowest BCUT2D eigenvalue weighted by molar-refractivity contribution is 0.647. The van der Waals surface area contributed by atoms with E-state index in [0.717, 1.165) is 0 Å². The molecule has 8 aromatic rings. The molecule has 42 heavy (non-hydrogen) atoms. The summed E-state index contributed by atoms with van der Waals surface area (Å²) in [6, 6.07) is 41.8. The predicted octanol–water partition coefficient (Wildman–Crippen LogP) is 11.5. The van der Waals surface area contributed by atoms with Crippen LogP contribution in [0.15, 0.2) is 109 Å². The summed E-state index contributed by atoms with van der Waals surface area (Å²) in [7, 11) is 0. The maximum Gasteiger partial charge on any atom is 0.0159 e. The lowest BCUT2D eigenvalue weighted by Crippen LogP contribution is -2.24. The standard InChI is InChI=1S/C42H30/c1-41(2)31-19-16-23-9-5-7-11-27(23)37(31)29-18-15-25-13-14-26-21-33-40(30-22-34(41)39(29)36(25)35(26)30)38-28-12-8-6-10-24(28)17-20-32(38)42(33,3)4/h5-22H,1-4H3. The van der Waals surface area contributed by atoms with Crippen LogP contribution in [0.3, 0.4) is 0 Å². The fourth-order valence-corrected chi connectivity index (χ4v) is 8.88. The highest BCUT2D eigenvalue weighted by atomic mass is 14.4. The number of rotatable bonds is 0. The Morgan fingerprint density at radius 2 is 0.905 bits per heavy atom. The second kappa shape index (κ2) is 7.20. The average Bonchev–Trinajstić information content (AvgIpc) is 3.24. The first-order chi connectivity index (χ1) is 20.4. The van der Waals surface area contributed by atoms with Gasteiger partial charge in [-0.3, -0.25) is 0 Å². The van der Waals surface area contributed by atoms with Gasteiger partial charge in [0.15, 0.2) is 0 Å². The van der Waals surface area contributed by atoms with Crippen LogP contribution in [0.5, 0.6) is 0 Å². The maximum absolute atomic E-state index is 2.59. The van der Waals surface area contributed by atoms with Crippen molar-refractivity contribution in [2.75, 3.05) is 0 Å². The quantitative estimate of drug-likeness (QED) is 0.170. The van der Waals surface area contributed by atoms with Crippen LogP contribution in [0.4, 0.5) is 0 Å². The molecule has 2 aliphatic carbocycles. The largest absolute Gasteiger partial charge is 0.0616 e. The molecule has 0 fully saturated rings. The zero-order valence-corrected chi connectivity index (χ0v) is 24.4. The molecule has 0 nitrogen and oxygen atoms in total. The van der Waals surface area contributed by atoms with Crippen molar-refractivity contribution in [3.8, 4) is 22.3 Å². The van der Waals surface area contributed by atoms with Gasteiger partial charge in [0.2, 0.25) is 0 Å². The molecule has 8 aromatic carbocycles. The Morgan fingerprint density at radius 3 is 1.64 bits per heavy atom. The number of fused-ring (bicyclic) bond motifs is 10. The average molecular weight is 535 g/mol. The first kappa shape index (κ1) is 22.9. The molecule has 2 aliphatic rings. The van der Waals surface area contributed by atoms with Crippen molar-refractivity contribution in [3.05, 3.63) is 131 Å². The van der Waals surface area contributed by atoms with Crippen LogP contribution in [0.25, 0.3) is 76.1 Å². The molecule has 0 spiro atoms. The molecule has 0 saturated heterocycles. The Balaban J connectivity index is 1.46. The zero-order chi connectivity index (χ0) is 28.1. The summed E-state index contributed by atoms with van der Waals surface area (Å²) in [6.07, 6.45) is 0. The van der Waals surface area contributed by atoms with Crippen LogP contribution >= 0.6 is 0 Å². The van der Waals surface area contributed by atoms with Crippen molar-refractivity contribution in [2.24, 2.45) is 0 Å². The molecular weight excluding hydrogens is 504 g/mol. The number of benzene rings is 8. The highest BCUT2D eigenvalue weighted by Gasteiger charge is 2.40. The summed E-state index contributed by atoms with van der Waals surface area (Å²) in [5.74, 6) is 0. The smallest absolute Gasteiger partial charge is 0.0159 e. The lowest BCUT2D eigenvalue weighted by Gasteiger charge is -2.37. The molecule has 0 aromatic heterocycles. The zero-order valence-electron chi connectivity index (χ0n) is 24.4. The van der Waals surface area contributed by atoms with Crippen molar-refractivity contribution in [1.29, 1.82) is 0 Å². The van der Waals surface area contributed by atoms with Crippen molar-refractivity contribution in [3.63, 3.8) is 0 Å². The monoisotopic (exact) mass is 534 g/mol. The second-order valence-electron chi connectivity index (χ2n) is 13.7. The van der Waals surface area contributed by atoms with Crippen molar-refractivity contribution < 1.29 is 0 Å². The Morgan fingerprint density at radius 1 is 0.357 bits per heavy atom. The molecular formula is C42H30. The molecule has 0 radical (unpaired) electrons. The molecule has 0 heterocycles. The summed E-state index contributed by atoms with van der Waals surface area (Å²) in [5, 5.41) is 13.7. The minimum absolute atomic E-state index is 0.0669. The van der Waals surface area contributed by atoms with Gasteiger partial charge in [-0.05, 0) is 111 Å². The third kappa shape index (κ3) is 2.49. The van der Waals surface area contributed by atoms with E-state index in [1.165, 1.54) is 98.4 Å². The highest BCUT2D eigenvalue weighted by Crippen LogP contribution is 2.59. The second-order valence-corrected chi connectivity index (χ2v) is 13.7. The van der Waals surface area contributed by atoms with Crippen LogP contribution in [-0.4, -0.2) is 0 Å². The van der Waals surface area contributed by atoms with E-state index < -0.39 is 0 Å². The topological polar surface area (TPSA) is 0 Å². The molecule has 0 atom stereocenters. The van der Waals surface area contributed by atoms with Gasteiger partial charge in [-0.15, -0.1) is 0 Å². The van der Waals surface area contributed by atoms with Gasteiger partial charge in [0.05, 0.1) is 0 Å². The van der Waals surface area contributed by atoms with Gasteiger partial charge in [0, 0.05) is 10.8 Å². The number of hydrogen-bond donors (Lipinski definition) is 0. The molecule has 0 N–H and O–H groups in total. The molecule has 10 rings (SSSR count). The van der Waals surface area contributed by atoms with Crippen LogP contribution < -0.4 is 0 Å². The third-order valence-electron chi connectivity index (χ3n) is 11.0. The first-order valence-electron chi connectivity index (χ1n) is 15.2. The Kier molecular flexibility index (Phi) is 3.93. The van der Waals surface area contributed by atoms with Crippen molar-refractivity contribution >= 4 is 53.9 Å². The Bertz CT molecular complexity index is 2500. The first-order valence-corrected chi connectivity index (χ1v) is 15.2. The molecule has 0 bridgehead atoms. The fourth-order valence-electron chi connectivity index (χ4n) is 8.88. The van der Waals surface area contributed by atoms with E-state index in [1.807, 2.05) is 0 Å². The summed E-state index contributed by atoms with van der Waals surface area (Å²) >= 11 is 0. The predicted molar refractivity (Wildman–Crippen MR) is 180 cm³/mol. The minimum Gasteiger partial charge on any atom is -0.0616 e. The van der Waals surface area contributed by atoms with Crippen molar-refractivity contribution in [2.45, 2.75) is 38.5 Å². The van der Waals surface area contributed by atoms with Gasteiger partial charge in [-0.2, -0.15) is 0 Å². The van der Waals surface area contributed by atoms with Gasteiger partial charge in [-0.25, -0.2) is 0 Å². The summed E-state index contributed by atoms with van der Waals surface area (Å²) in [5.41, 5.74) is 11.2. The van der Waals surface area contributed by atoms with Crippen LogP contribution in [0.2, 0.25) is 0 Å². The fraction of sp³-hybridized carbons (Fsp3) is 0.143. The van der Waals surface area contributed by atoms with E-state index in [9.17, 15) is 0 Å². The van der Waals surface area contributed by atoms with Gasteiger partial charge in [0.25, 0.3) is 0 Å². The van der Waals surface area contributed by atoms with E-state index in [1.54, 1.807) is 0 Å². The molecule has 0 heteroatoms. The third-order valence-corrected chi connectivity index (χ3v) is 11.0. The van der Waals surface area contributed by atoms with Gasteiger partial charge >= 0.3 is 0 Å². The molecule has 198 valence electrons. The lowest BCUT2D eigenvalue weighted by atomic mass is 9.66. The molecule has 0 amide bonds. The molecule has 0 aliphatic heterocycles. The van der Waals surface area contributed by atoms with Crippen LogP contribution in [0, 0.1) is 0 Å². The van der Waals surface area contributed by atoms with E-state index in [4.69, 9.17) is 0 Å². The maximum atomic E-state index is 2.59. The highest BCUT2D eigenvalue weighted by molar-refractivity contribution is 6.31.